The maximum atomic E-state index is 12.1. The van der Waals surface area contributed by atoms with Crippen LogP contribution < -0.4 is 5.73 Å². The van der Waals surface area contributed by atoms with E-state index in [0.717, 1.165) is 38.8 Å². The van der Waals surface area contributed by atoms with Gasteiger partial charge < -0.3 is 15.4 Å². The molecule has 2 N–H and O–H groups in total. The Bertz CT molecular complexity index is 263. The molecule has 1 aliphatic rings. The van der Waals surface area contributed by atoms with Crippen LogP contribution in [0.25, 0.3) is 0 Å². The molecule has 1 fully saturated rings. The summed E-state index contributed by atoms with van der Waals surface area (Å²) in [4.78, 5) is 13.9. The van der Waals surface area contributed by atoms with Gasteiger partial charge >= 0.3 is 0 Å². The van der Waals surface area contributed by atoms with Crippen LogP contribution in [0.5, 0.6) is 0 Å². The second-order valence-electron chi connectivity index (χ2n) is 6.03. The monoisotopic (exact) mass is 270 g/mol. The Balaban J connectivity index is 2.28. The van der Waals surface area contributed by atoms with Gasteiger partial charge in [0.2, 0.25) is 5.91 Å². The lowest BCUT2D eigenvalue weighted by molar-refractivity contribution is -0.131. The maximum absolute atomic E-state index is 12.1. The van der Waals surface area contributed by atoms with Crippen LogP contribution in [0.2, 0.25) is 0 Å². The lowest BCUT2D eigenvalue weighted by Crippen LogP contribution is -2.34. The highest BCUT2D eigenvalue weighted by atomic mass is 16.5. The summed E-state index contributed by atoms with van der Waals surface area (Å²) >= 11 is 0. The summed E-state index contributed by atoms with van der Waals surface area (Å²) in [6.45, 7) is 6.71. The molecule has 0 spiro atoms. The van der Waals surface area contributed by atoms with E-state index in [2.05, 4.69) is 13.8 Å². The second-order valence-corrected chi connectivity index (χ2v) is 6.03. The topological polar surface area (TPSA) is 55.6 Å². The van der Waals surface area contributed by atoms with Crippen molar-refractivity contribution >= 4 is 5.91 Å². The van der Waals surface area contributed by atoms with E-state index in [0.29, 0.717) is 24.8 Å². The van der Waals surface area contributed by atoms with Gasteiger partial charge in [-0.2, -0.15) is 0 Å². The van der Waals surface area contributed by atoms with Crippen molar-refractivity contribution in [1.29, 1.82) is 0 Å². The van der Waals surface area contributed by atoms with Gasteiger partial charge in [0.05, 0.1) is 6.10 Å². The minimum Gasteiger partial charge on any atom is -0.376 e. The summed E-state index contributed by atoms with van der Waals surface area (Å²) < 4.78 is 5.57. The number of ether oxygens (including phenoxy) is 1. The Morgan fingerprint density at radius 2 is 2.16 bits per heavy atom. The summed E-state index contributed by atoms with van der Waals surface area (Å²) in [7, 11) is 1.89. The lowest BCUT2D eigenvalue weighted by atomic mass is 9.88. The molecule has 1 rings (SSSR count). The van der Waals surface area contributed by atoms with Crippen LogP contribution in [0.3, 0.4) is 0 Å². The van der Waals surface area contributed by atoms with Crippen molar-refractivity contribution in [3.8, 4) is 0 Å². The van der Waals surface area contributed by atoms with Crippen molar-refractivity contribution in [2.45, 2.75) is 52.1 Å². The third-order valence-electron chi connectivity index (χ3n) is 4.14. The Morgan fingerprint density at radius 3 is 2.68 bits per heavy atom. The van der Waals surface area contributed by atoms with Crippen LogP contribution in [-0.4, -0.2) is 43.7 Å². The second kappa shape index (κ2) is 8.54. The van der Waals surface area contributed by atoms with E-state index >= 15 is 0 Å². The molecule has 0 aromatic carbocycles. The zero-order valence-corrected chi connectivity index (χ0v) is 12.7. The molecule has 1 heterocycles. The van der Waals surface area contributed by atoms with Gasteiger partial charge in [-0.05, 0) is 44.1 Å². The van der Waals surface area contributed by atoms with Crippen molar-refractivity contribution < 1.29 is 9.53 Å². The summed E-state index contributed by atoms with van der Waals surface area (Å²) in [5.74, 6) is 1.39. The van der Waals surface area contributed by atoms with E-state index in [1.54, 1.807) is 0 Å². The molecular formula is C15H30N2O2. The predicted octanol–water partition coefficient (Wildman–Crippen LogP) is 2.02. The number of nitrogens with zero attached hydrogens (tertiary/aromatic N) is 1. The van der Waals surface area contributed by atoms with E-state index in [9.17, 15) is 4.79 Å². The van der Waals surface area contributed by atoms with E-state index in [-0.39, 0.29) is 12.0 Å². The van der Waals surface area contributed by atoms with E-state index in [4.69, 9.17) is 10.5 Å². The smallest absolute Gasteiger partial charge is 0.222 e. The highest BCUT2D eigenvalue weighted by molar-refractivity contribution is 5.75. The molecule has 0 saturated carbocycles. The standard InChI is InChI=1S/C15H30N2O2/c1-12(2)13(8-9-16)6-7-15(18)17(3)11-14-5-4-10-19-14/h12-14H,4-11,16H2,1-3H3. The van der Waals surface area contributed by atoms with E-state index < -0.39 is 0 Å². The van der Waals surface area contributed by atoms with Gasteiger partial charge in [0.1, 0.15) is 0 Å². The van der Waals surface area contributed by atoms with Crippen molar-refractivity contribution in [3.05, 3.63) is 0 Å². The number of carbonyl (C=O) groups excluding carboxylic acids is 1. The fourth-order valence-electron chi connectivity index (χ4n) is 2.72. The van der Waals surface area contributed by atoms with Crippen molar-refractivity contribution in [2.75, 3.05) is 26.7 Å². The van der Waals surface area contributed by atoms with Crippen LogP contribution in [0.15, 0.2) is 0 Å². The zero-order chi connectivity index (χ0) is 14.3. The molecular weight excluding hydrogens is 240 g/mol. The fraction of sp³-hybridized carbons (Fsp3) is 0.933. The highest BCUT2D eigenvalue weighted by Crippen LogP contribution is 2.21. The Hall–Kier alpha value is -0.610. The number of nitrogens with two attached hydrogens (primary N) is 1. The first kappa shape index (κ1) is 16.4. The molecule has 1 amide bonds. The predicted molar refractivity (Wildman–Crippen MR) is 77.8 cm³/mol. The molecule has 0 aromatic heterocycles. The first-order valence-corrected chi connectivity index (χ1v) is 7.60. The third-order valence-corrected chi connectivity index (χ3v) is 4.14. The highest BCUT2D eigenvalue weighted by Gasteiger charge is 2.21. The van der Waals surface area contributed by atoms with Gasteiger partial charge in [-0.25, -0.2) is 0 Å². The average Bonchev–Trinajstić information content (AvgIpc) is 2.86. The molecule has 4 heteroatoms. The van der Waals surface area contributed by atoms with Crippen LogP contribution in [0.4, 0.5) is 0 Å². The number of likely N-dealkylation sites (N-methyl/N-ethyl adjacent to an activating group) is 1. The quantitative estimate of drug-likeness (QED) is 0.734. The van der Waals surface area contributed by atoms with Gasteiger partial charge in [0, 0.05) is 26.6 Å². The number of hydrogen-bond donors (Lipinski definition) is 1. The van der Waals surface area contributed by atoms with Gasteiger partial charge in [0.15, 0.2) is 0 Å². The molecule has 2 unspecified atom stereocenters. The fourth-order valence-corrected chi connectivity index (χ4v) is 2.72. The molecule has 0 aliphatic carbocycles. The minimum absolute atomic E-state index is 0.234. The van der Waals surface area contributed by atoms with Crippen LogP contribution in [0, 0.1) is 11.8 Å². The van der Waals surface area contributed by atoms with Gasteiger partial charge in [-0.3, -0.25) is 4.79 Å². The normalized spacial score (nSPS) is 20.8. The first-order valence-electron chi connectivity index (χ1n) is 7.60. The third kappa shape index (κ3) is 5.91. The van der Waals surface area contributed by atoms with E-state index in [1.807, 2.05) is 11.9 Å². The SMILES string of the molecule is CC(C)C(CCN)CCC(=O)N(C)CC1CCCO1. The van der Waals surface area contributed by atoms with Crippen molar-refractivity contribution in [3.63, 3.8) is 0 Å². The Kier molecular flexibility index (Phi) is 7.39. The molecule has 0 bridgehead atoms. The lowest BCUT2D eigenvalue weighted by Gasteiger charge is -2.23. The van der Waals surface area contributed by atoms with Crippen molar-refractivity contribution in [1.82, 2.24) is 4.90 Å². The molecule has 2 atom stereocenters. The maximum Gasteiger partial charge on any atom is 0.222 e. The van der Waals surface area contributed by atoms with Gasteiger partial charge in [-0.15, -0.1) is 0 Å². The molecule has 19 heavy (non-hydrogen) atoms. The van der Waals surface area contributed by atoms with Crippen molar-refractivity contribution in [2.24, 2.45) is 17.6 Å². The van der Waals surface area contributed by atoms with Crippen LogP contribution in [0.1, 0.15) is 46.0 Å². The van der Waals surface area contributed by atoms with E-state index in [1.165, 1.54) is 0 Å². The molecule has 4 nitrogen and oxygen atoms in total. The molecule has 1 aliphatic heterocycles. The Morgan fingerprint density at radius 1 is 1.42 bits per heavy atom. The molecule has 0 radical (unpaired) electrons. The van der Waals surface area contributed by atoms with Crippen LogP contribution in [-0.2, 0) is 9.53 Å². The molecule has 112 valence electrons. The number of rotatable bonds is 8. The largest absolute Gasteiger partial charge is 0.376 e. The minimum atomic E-state index is 0.234. The Labute approximate surface area is 117 Å². The average molecular weight is 270 g/mol. The zero-order valence-electron chi connectivity index (χ0n) is 12.7. The van der Waals surface area contributed by atoms with Gasteiger partial charge in [-0.1, -0.05) is 13.8 Å². The van der Waals surface area contributed by atoms with Gasteiger partial charge in [0.25, 0.3) is 0 Å². The summed E-state index contributed by atoms with van der Waals surface area (Å²) in [5.41, 5.74) is 5.63. The number of hydrogen-bond acceptors (Lipinski definition) is 3. The molecule has 1 saturated heterocycles. The number of amides is 1. The number of carbonyl (C=O) groups is 1. The summed E-state index contributed by atoms with van der Waals surface area (Å²) in [6.07, 6.45) is 5.05. The summed E-state index contributed by atoms with van der Waals surface area (Å²) in [5, 5.41) is 0. The van der Waals surface area contributed by atoms with Crippen LogP contribution >= 0.6 is 0 Å². The summed E-state index contributed by atoms with van der Waals surface area (Å²) in [6, 6.07) is 0. The first-order chi connectivity index (χ1) is 9.04. The molecule has 0 aromatic rings.